The molecule has 1 saturated heterocycles. The van der Waals surface area contributed by atoms with E-state index in [1.165, 1.54) is 0 Å². The van der Waals surface area contributed by atoms with E-state index < -0.39 is 5.97 Å². The van der Waals surface area contributed by atoms with Crippen molar-refractivity contribution in [2.75, 3.05) is 26.3 Å². The molecule has 0 bridgehead atoms. The van der Waals surface area contributed by atoms with Gasteiger partial charge in [-0.25, -0.2) is 9.59 Å². The Morgan fingerprint density at radius 2 is 1.88 bits per heavy atom. The highest BCUT2D eigenvalue weighted by molar-refractivity contribution is 5.91. The number of nitrogens with zero attached hydrogens (tertiary/aromatic N) is 3. The van der Waals surface area contributed by atoms with Crippen molar-refractivity contribution < 1.29 is 33.1 Å². The van der Waals surface area contributed by atoms with E-state index in [-0.39, 0.29) is 31.3 Å². The van der Waals surface area contributed by atoms with E-state index in [2.05, 4.69) is 15.5 Å². The second-order valence-corrected chi connectivity index (χ2v) is 7.15. The van der Waals surface area contributed by atoms with Crippen molar-refractivity contribution in [3.63, 3.8) is 0 Å². The molecule has 0 saturated carbocycles. The summed E-state index contributed by atoms with van der Waals surface area (Å²) in [6.45, 7) is 4.54. The van der Waals surface area contributed by atoms with Crippen LogP contribution in [0.25, 0.3) is 0 Å². The fourth-order valence-electron chi connectivity index (χ4n) is 3.14. The van der Waals surface area contributed by atoms with E-state index in [1.54, 1.807) is 43.0 Å². The van der Waals surface area contributed by atoms with Gasteiger partial charge < -0.3 is 29.0 Å². The van der Waals surface area contributed by atoms with Crippen LogP contribution >= 0.6 is 0 Å². The second kappa shape index (κ2) is 11.1. The summed E-state index contributed by atoms with van der Waals surface area (Å²) in [5.74, 6) is 0.397. The number of hydrogen-bond acceptors (Lipinski definition) is 9. The predicted octanol–water partition coefficient (Wildman–Crippen LogP) is 1.85. The molecule has 32 heavy (non-hydrogen) atoms. The maximum absolute atomic E-state index is 12.2. The van der Waals surface area contributed by atoms with Gasteiger partial charge >= 0.3 is 12.1 Å². The van der Waals surface area contributed by atoms with Crippen molar-refractivity contribution in [2.45, 2.75) is 39.3 Å². The molecule has 1 fully saturated rings. The molecule has 1 aromatic heterocycles. The highest BCUT2D eigenvalue weighted by atomic mass is 16.6. The zero-order valence-electron chi connectivity index (χ0n) is 18.0. The molecule has 1 aromatic carbocycles. The SMILES string of the molecule is CCOC(=O)N1CCC(NC(=O)COC(=O)c2ccc(OCc3noc(C)n3)cc2)CC1. The molecule has 0 unspecified atom stereocenters. The molecule has 0 aliphatic carbocycles. The number of benzene rings is 1. The maximum Gasteiger partial charge on any atom is 0.409 e. The maximum atomic E-state index is 12.2. The van der Waals surface area contributed by atoms with E-state index >= 15 is 0 Å². The van der Waals surface area contributed by atoms with Crippen molar-refractivity contribution in [1.82, 2.24) is 20.4 Å². The lowest BCUT2D eigenvalue weighted by Crippen LogP contribution is -2.47. The number of amides is 2. The number of carbonyl (C=O) groups is 3. The van der Waals surface area contributed by atoms with Crippen molar-refractivity contribution in [1.29, 1.82) is 0 Å². The molecule has 1 aliphatic heterocycles. The Hall–Kier alpha value is -3.63. The number of esters is 1. The molecule has 0 atom stereocenters. The molecule has 3 rings (SSSR count). The van der Waals surface area contributed by atoms with Gasteiger partial charge in [-0.1, -0.05) is 5.16 Å². The number of carbonyl (C=O) groups excluding carboxylic acids is 3. The molecule has 2 aromatic rings. The molecule has 2 amide bonds. The molecule has 2 heterocycles. The van der Waals surface area contributed by atoms with E-state index in [1.807, 2.05) is 0 Å². The average molecular weight is 446 g/mol. The molecule has 0 radical (unpaired) electrons. The number of aromatic nitrogens is 2. The van der Waals surface area contributed by atoms with Gasteiger partial charge in [0.2, 0.25) is 11.7 Å². The Labute approximate surface area is 185 Å². The minimum Gasteiger partial charge on any atom is -0.485 e. The van der Waals surface area contributed by atoms with Gasteiger partial charge in [-0.3, -0.25) is 4.79 Å². The van der Waals surface area contributed by atoms with Gasteiger partial charge in [0.15, 0.2) is 13.2 Å². The lowest BCUT2D eigenvalue weighted by Gasteiger charge is -2.31. The van der Waals surface area contributed by atoms with Crippen LogP contribution < -0.4 is 10.1 Å². The summed E-state index contributed by atoms with van der Waals surface area (Å²) in [5.41, 5.74) is 0.295. The van der Waals surface area contributed by atoms with Crippen LogP contribution in [0.5, 0.6) is 5.75 Å². The molecule has 1 aliphatic rings. The number of nitrogens with one attached hydrogen (secondary N) is 1. The second-order valence-electron chi connectivity index (χ2n) is 7.15. The normalized spacial score (nSPS) is 14.0. The van der Waals surface area contributed by atoms with Crippen LogP contribution in [0.2, 0.25) is 0 Å². The summed E-state index contributed by atoms with van der Waals surface area (Å²) in [4.78, 5) is 41.6. The van der Waals surface area contributed by atoms with Gasteiger partial charge in [-0.15, -0.1) is 0 Å². The number of hydrogen-bond donors (Lipinski definition) is 1. The van der Waals surface area contributed by atoms with Crippen LogP contribution in [0.4, 0.5) is 4.79 Å². The predicted molar refractivity (Wildman–Crippen MR) is 110 cm³/mol. The lowest BCUT2D eigenvalue weighted by atomic mass is 10.1. The molecular formula is C21H26N4O7. The van der Waals surface area contributed by atoms with Crippen LogP contribution in [0.3, 0.4) is 0 Å². The third-order valence-corrected chi connectivity index (χ3v) is 4.75. The monoisotopic (exact) mass is 446 g/mol. The number of ether oxygens (including phenoxy) is 3. The van der Waals surface area contributed by atoms with Crippen LogP contribution in [0, 0.1) is 6.92 Å². The lowest BCUT2D eigenvalue weighted by molar-refractivity contribution is -0.125. The van der Waals surface area contributed by atoms with Gasteiger partial charge in [0, 0.05) is 26.1 Å². The Morgan fingerprint density at radius 3 is 2.50 bits per heavy atom. The van der Waals surface area contributed by atoms with Crippen LogP contribution in [0.1, 0.15) is 41.8 Å². The summed E-state index contributed by atoms with van der Waals surface area (Å²) in [6.07, 6.45) is 0.889. The fraction of sp³-hybridized carbons (Fsp3) is 0.476. The first kappa shape index (κ1) is 23.0. The van der Waals surface area contributed by atoms with Crippen LogP contribution in [0.15, 0.2) is 28.8 Å². The van der Waals surface area contributed by atoms with E-state index in [9.17, 15) is 14.4 Å². The average Bonchev–Trinajstić information content (AvgIpc) is 3.22. The third-order valence-electron chi connectivity index (χ3n) is 4.75. The van der Waals surface area contributed by atoms with Crippen molar-refractivity contribution >= 4 is 18.0 Å². The molecule has 11 heteroatoms. The Morgan fingerprint density at radius 1 is 1.16 bits per heavy atom. The summed E-state index contributed by atoms with van der Waals surface area (Å²) in [7, 11) is 0. The zero-order chi connectivity index (χ0) is 22.9. The zero-order valence-corrected chi connectivity index (χ0v) is 18.0. The number of piperidine rings is 1. The quantitative estimate of drug-likeness (QED) is 0.603. The molecule has 0 spiro atoms. The molecule has 11 nitrogen and oxygen atoms in total. The van der Waals surface area contributed by atoms with Gasteiger partial charge in [-0.2, -0.15) is 4.98 Å². The van der Waals surface area contributed by atoms with Gasteiger partial charge in [0.25, 0.3) is 5.91 Å². The Balaban J connectivity index is 1.36. The Bertz CT molecular complexity index is 920. The summed E-state index contributed by atoms with van der Waals surface area (Å²) in [5, 5.41) is 6.56. The number of rotatable bonds is 8. The number of likely N-dealkylation sites (tertiary alicyclic amines) is 1. The van der Waals surface area contributed by atoms with Crippen molar-refractivity contribution in [3.05, 3.63) is 41.5 Å². The van der Waals surface area contributed by atoms with Gasteiger partial charge in [-0.05, 0) is 44.0 Å². The minimum atomic E-state index is -0.613. The smallest absolute Gasteiger partial charge is 0.409 e. The first-order chi connectivity index (χ1) is 15.4. The topological polar surface area (TPSA) is 133 Å². The number of aryl methyl sites for hydroxylation is 1. The van der Waals surface area contributed by atoms with E-state index in [0.29, 0.717) is 55.6 Å². The summed E-state index contributed by atoms with van der Waals surface area (Å²) < 4.78 is 20.4. The van der Waals surface area contributed by atoms with E-state index in [4.69, 9.17) is 18.7 Å². The van der Waals surface area contributed by atoms with Crippen molar-refractivity contribution in [2.24, 2.45) is 0 Å². The van der Waals surface area contributed by atoms with Crippen molar-refractivity contribution in [3.8, 4) is 5.75 Å². The highest BCUT2D eigenvalue weighted by Crippen LogP contribution is 2.15. The van der Waals surface area contributed by atoms with Crippen LogP contribution in [-0.4, -0.2) is 65.4 Å². The van der Waals surface area contributed by atoms with Gasteiger partial charge in [0.05, 0.1) is 12.2 Å². The largest absolute Gasteiger partial charge is 0.485 e. The first-order valence-corrected chi connectivity index (χ1v) is 10.3. The first-order valence-electron chi connectivity index (χ1n) is 10.3. The summed E-state index contributed by atoms with van der Waals surface area (Å²) >= 11 is 0. The standard InChI is InChI=1S/C21H26N4O7/c1-3-29-21(28)25-10-8-16(9-11-25)23-19(26)13-31-20(27)15-4-6-17(7-5-15)30-12-18-22-14(2)32-24-18/h4-7,16H,3,8-13H2,1-2H3,(H,23,26). The van der Waals surface area contributed by atoms with E-state index in [0.717, 1.165) is 0 Å². The molecule has 1 N–H and O–H groups in total. The fourth-order valence-corrected chi connectivity index (χ4v) is 3.14. The third kappa shape index (κ3) is 6.69. The van der Waals surface area contributed by atoms with Gasteiger partial charge in [0.1, 0.15) is 5.75 Å². The minimum absolute atomic E-state index is 0.0775. The summed E-state index contributed by atoms with van der Waals surface area (Å²) in [6, 6.07) is 6.23. The highest BCUT2D eigenvalue weighted by Gasteiger charge is 2.24. The van der Waals surface area contributed by atoms with Crippen LogP contribution in [-0.2, 0) is 20.9 Å². The molecular weight excluding hydrogens is 420 g/mol. The Kier molecular flexibility index (Phi) is 8.01. The molecule has 172 valence electrons.